The Kier molecular flexibility index (Phi) is 2.82. The molecule has 0 radical (unpaired) electrons. The number of carbonyl (C=O) groups is 1. The van der Waals surface area contributed by atoms with E-state index in [2.05, 4.69) is 22.1 Å². The third kappa shape index (κ3) is 2.17. The molecule has 4 heteroatoms. The Hall–Kier alpha value is -2.36. The van der Waals surface area contributed by atoms with E-state index in [0.29, 0.717) is 0 Å². The van der Waals surface area contributed by atoms with Crippen LogP contribution in [0, 0.1) is 0 Å². The predicted octanol–water partition coefficient (Wildman–Crippen LogP) is 2.20. The summed E-state index contributed by atoms with van der Waals surface area (Å²) in [4.78, 5) is 11.1. The number of nitrogens with zero attached hydrogens (tertiary/aromatic N) is 1. The van der Waals surface area contributed by atoms with E-state index in [9.17, 15) is 4.79 Å². The highest BCUT2D eigenvalue weighted by molar-refractivity contribution is 5.98. The van der Waals surface area contributed by atoms with Crippen LogP contribution < -0.4 is 5.32 Å². The van der Waals surface area contributed by atoms with Crippen LogP contribution in [0.1, 0.15) is 0 Å². The summed E-state index contributed by atoms with van der Waals surface area (Å²) in [7, 11) is 0. The van der Waals surface area contributed by atoms with Gasteiger partial charge in [0.15, 0.2) is 0 Å². The molecule has 1 aromatic carbocycles. The molecule has 1 heterocycles. The van der Waals surface area contributed by atoms with Gasteiger partial charge in [-0.25, -0.2) is 0 Å². The summed E-state index contributed by atoms with van der Waals surface area (Å²) in [6.45, 7) is 3.39. The number of hydrogen-bond donors (Lipinski definition) is 2. The minimum absolute atomic E-state index is 0.212. The Balaban J connectivity index is 2.17. The molecule has 2 N–H and O–H groups in total. The molecule has 0 saturated heterocycles. The molecule has 0 atom stereocenters. The van der Waals surface area contributed by atoms with Crippen molar-refractivity contribution in [3.63, 3.8) is 0 Å². The number of hydrogen-bond acceptors (Lipinski definition) is 2. The van der Waals surface area contributed by atoms with Crippen LogP contribution >= 0.6 is 0 Å². The summed E-state index contributed by atoms with van der Waals surface area (Å²) in [5, 5.41) is 9.31. The second-order valence-corrected chi connectivity index (χ2v) is 3.26. The average molecular weight is 213 g/mol. The van der Waals surface area contributed by atoms with Crippen molar-refractivity contribution in [3.8, 4) is 11.1 Å². The summed E-state index contributed by atoms with van der Waals surface area (Å²) in [6.07, 6.45) is 4.80. The molecule has 0 unspecified atom stereocenters. The third-order valence-corrected chi connectivity index (χ3v) is 2.17. The molecule has 0 aliphatic rings. The maximum atomic E-state index is 11.1. The number of aromatic nitrogens is 2. The lowest BCUT2D eigenvalue weighted by Crippen LogP contribution is -2.06. The van der Waals surface area contributed by atoms with Gasteiger partial charge in [-0.05, 0) is 23.8 Å². The number of anilines is 1. The Morgan fingerprint density at radius 3 is 2.62 bits per heavy atom. The number of H-pyrrole nitrogens is 1. The number of benzene rings is 1. The molecule has 0 aliphatic heterocycles. The third-order valence-electron chi connectivity index (χ3n) is 2.17. The highest BCUT2D eigenvalue weighted by Crippen LogP contribution is 2.19. The van der Waals surface area contributed by atoms with Gasteiger partial charge in [0.25, 0.3) is 0 Å². The standard InChI is InChI=1S/C12H11N3O/c1-2-12(16)15-11-5-3-9(4-6-11)10-7-13-14-8-10/h2-8H,1H2,(H,13,14)(H,15,16). The van der Waals surface area contributed by atoms with Gasteiger partial charge in [0, 0.05) is 17.4 Å². The van der Waals surface area contributed by atoms with Gasteiger partial charge in [-0.15, -0.1) is 0 Å². The molecule has 0 saturated carbocycles. The molecule has 2 aromatic rings. The first-order valence-electron chi connectivity index (χ1n) is 4.82. The number of carbonyl (C=O) groups excluding carboxylic acids is 1. The Labute approximate surface area is 93.0 Å². The zero-order chi connectivity index (χ0) is 11.4. The minimum atomic E-state index is -0.212. The fourth-order valence-corrected chi connectivity index (χ4v) is 1.35. The summed E-state index contributed by atoms with van der Waals surface area (Å²) in [5.41, 5.74) is 2.81. The van der Waals surface area contributed by atoms with Gasteiger partial charge in [-0.2, -0.15) is 5.10 Å². The van der Waals surface area contributed by atoms with E-state index < -0.39 is 0 Å². The van der Waals surface area contributed by atoms with Gasteiger partial charge in [0.05, 0.1) is 6.20 Å². The maximum absolute atomic E-state index is 11.1. The van der Waals surface area contributed by atoms with Gasteiger partial charge < -0.3 is 5.32 Å². The Morgan fingerprint density at radius 2 is 2.06 bits per heavy atom. The quantitative estimate of drug-likeness (QED) is 0.768. The van der Waals surface area contributed by atoms with E-state index >= 15 is 0 Å². The van der Waals surface area contributed by atoms with E-state index in [1.807, 2.05) is 30.5 Å². The molecule has 1 aromatic heterocycles. The van der Waals surface area contributed by atoms with Crippen LogP contribution in [0.3, 0.4) is 0 Å². The molecule has 0 aliphatic carbocycles. The molecule has 2 rings (SSSR count). The van der Waals surface area contributed by atoms with Crippen molar-refractivity contribution in [2.45, 2.75) is 0 Å². The molecular weight excluding hydrogens is 202 g/mol. The number of amides is 1. The minimum Gasteiger partial charge on any atom is -0.323 e. The summed E-state index contributed by atoms with van der Waals surface area (Å²) in [5.74, 6) is -0.212. The lowest BCUT2D eigenvalue weighted by molar-refractivity contribution is -0.111. The van der Waals surface area contributed by atoms with Crippen molar-refractivity contribution in [1.82, 2.24) is 10.2 Å². The van der Waals surface area contributed by atoms with E-state index in [4.69, 9.17) is 0 Å². The first-order chi connectivity index (χ1) is 7.79. The first kappa shape index (κ1) is 10.2. The van der Waals surface area contributed by atoms with Crippen molar-refractivity contribution in [1.29, 1.82) is 0 Å². The smallest absolute Gasteiger partial charge is 0.247 e. The summed E-state index contributed by atoms with van der Waals surface area (Å²) >= 11 is 0. The van der Waals surface area contributed by atoms with E-state index in [1.165, 1.54) is 6.08 Å². The van der Waals surface area contributed by atoms with Crippen molar-refractivity contribution in [3.05, 3.63) is 49.3 Å². The largest absolute Gasteiger partial charge is 0.323 e. The fraction of sp³-hybridized carbons (Fsp3) is 0. The van der Waals surface area contributed by atoms with E-state index in [-0.39, 0.29) is 5.91 Å². The van der Waals surface area contributed by atoms with Crippen molar-refractivity contribution >= 4 is 11.6 Å². The lowest BCUT2D eigenvalue weighted by atomic mass is 10.1. The summed E-state index contributed by atoms with van der Waals surface area (Å²) < 4.78 is 0. The first-order valence-corrected chi connectivity index (χ1v) is 4.82. The van der Waals surface area contributed by atoms with Gasteiger partial charge in [-0.3, -0.25) is 9.89 Å². The van der Waals surface area contributed by atoms with Crippen molar-refractivity contribution < 1.29 is 4.79 Å². The second-order valence-electron chi connectivity index (χ2n) is 3.26. The van der Waals surface area contributed by atoms with Crippen molar-refractivity contribution in [2.75, 3.05) is 5.32 Å². The molecule has 0 spiro atoms. The van der Waals surface area contributed by atoms with Gasteiger partial charge >= 0.3 is 0 Å². The highest BCUT2D eigenvalue weighted by atomic mass is 16.1. The van der Waals surface area contributed by atoms with Crippen LogP contribution in [0.4, 0.5) is 5.69 Å². The van der Waals surface area contributed by atoms with Gasteiger partial charge in [-0.1, -0.05) is 18.7 Å². The Bertz CT molecular complexity index is 485. The molecular formula is C12H11N3O. The van der Waals surface area contributed by atoms with E-state index in [0.717, 1.165) is 16.8 Å². The van der Waals surface area contributed by atoms with Gasteiger partial charge in [0.2, 0.25) is 5.91 Å². The number of nitrogens with one attached hydrogen (secondary N) is 2. The highest BCUT2D eigenvalue weighted by Gasteiger charge is 2.00. The predicted molar refractivity (Wildman–Crippen MR) is 62.9 cm³/mol. The molecule has 0 bridgehead atoms. The number of aromatic amines is 1. The normalized spacial score (nSPS) is 9.75. The second kappa shape index (κ2) is 4.44. The number of rotatable bonds is 3. The average Bonchev–Trinajstić information content (AvgIpc) is 2.83. The van der Waals surface area contributed by atoms with Crippen LogP contribution in [-0.2, 0) is 4.79 Å². The zero-order valence-electron chi connectivity index (χ0n) is 8.60. The topological polar surface area (TPSA) is 57.8 Å². The van der Waals surface area contributed by atoms with Crippen LogP contribution in [0.25, 0.3) is 11.1 Å². The van der Waals surface area contributed by atoms with Gasteiger partial charge in [0.1, 0.15) is 0 Å². The monoisotopic (exact) mass is 213 g/mol. The Morgan fingerprint density at radius 1 is 1.31 bits per heavy atom. The molecule has 4 nitrogen and oxygen atoms in total. The molecule has 0 fully saturated rings. The molecule has 80 valence electrons. The molecule has 1 amide bonds. The van der Waals surface area contributed by atoms with Crippen LogP contribution in [0.15, 0.2) is 49.3 Å². The fourth-order valence-electron chi connectivity index (χ4n) is 1.35. The SMILES string of the molecule is C=CC(=O)Nc1ccc(-c2cn[nH]c2)cc1. The summed E-state index contributed by atoms with van der Waals surface area (Å²) in [6, 6.07) is 7.51. The zero-order valence-corrected chi connectivity index (χ0v) is 8.60. The van der Waals surface area contributed by atoms with Crippen LogP contribution in [-0.4, -0.2) is 16.1 Å². The van der Waals surface area contributed by atoms with Crippen LogP contribution in [0.5, 0.6) is 0 Å². The molecule has 16 heavy (non-hydrogen) atoms. The lowest BCUT2D eigenvalue weighted by Gasteiger charge is -2.02. The van der Waals surface area contributed by atoms with Crippen molar-refractivity contribution in [2.24, 2.45) is 0 Å². The van der Waals surface area contributed by atoms with Crippen LogP contribution in [0.2, 0.25) is 0 Å². The maximum Gasteiger partial charge on any atom is 0.247 e. The van der Waals surface area contributed by atoms with E-state index in [1.54, 1.807) is 6.20 Å².